The van der Waals surface area contributed by atoms with Crippen LogP contribution in [-0.4, -0.2) is 30.2 Å². The molecule has 0 radical (unpaired) electrons. The first-order chi connectivity index (χ1) is 9.38. The molecule has 1 aliphatic heterocycles. The Balaban J connectivity index is 1.84. The van der Waals surface area contributed by atoms with Gasteiger partial charge in [-0.05, 0) is 19.3 Å². The van der Waals surface area contributed by atoms with E-state index in [0.717, 1.165) is 44.8 Å². The summed E-state index contributed by atoms with van der Waals surface area (Å²) in [5.74, 6) is 1.72. The van der Waals surface area contributed by atoms with Gasteiger partial charge in [0.25, 0.3) is 0 Å². The lowest BCUT2D eigenvalue weighted by Gasteiger charge is -2.29. The Morgan fingerprint density at radius 3 is 2.95 bits per heavy atom. The van der Waals surface area contributed by atoms with Gasteiger partial charge in [-0.15, -0.1) is 0 Å². The van der Waals surface area contributed by atoms with Gasteiger partial charge in [-0.1, -0.05) is 6.42 Å². The highest BCUT2D eigenvalue weighted by Gasteiger charge is 2.27. The fourth-order valence-electron chi connectivity index (χ4n) is 2.93. The van der Waals surface area contributed by atoms with E-state index in [1.54, 1.807) is 7.11 Å². The van der Waals surface area contributed by atoms with E-state index in [1.165, 1.54) is 36.2 Å². The predicted octanol–water partition coefficient (Wildman–Crippen LogP) is 1.97. The highest BCUT2D eigenvalue weighted by molar-refractivity contribution is 5.31. The summed E-state index contributed by atoms with van der Waals surface area (Å²) in [5.41, 5.74) is 4.03. The molecule has 104 valence electrons. The average molecular weight is 261 g/mol. The average Bonchev–Trinajstić information content (AvgIpc) is 2.37. The molecule has 1 N–H and O–H groups in total. The normalized spacial score (nSPS) is 19.0. The van der Waals surface area contributed by atoms with Crippen LogP contribution in [0.25, 0.3) is 0 Å². The van der Waals surface area contributed by atoms with E-state index in [2.05, 4.69) is 5.32 Å². The van der Waals surface area contributed by atoms with E-state index in [-0.39, 0.29) is 0 Å². The molecule has 2 aliphatic rings. The van der Waals surface area contributed by atoms with Gasteiger partial charge in [0, 0.05) is 51.1 Å². The van der Waals surface area contributed by atoms with E-state index >= 15 is 0 Å². The molecule has 0 amide bonds. The Bertz CT molecular complexity index is 443. The Morgan fingerprint density at radius 1 is 1.32 bits per heavy atom. The van der Waals surface area contributed by atoms with Crippen molar-refractivity contribution in [1.29, 1.82) is 0 Å². The first-order valence-corrected chi connectivity index (χ1v) is 7.46. The molecular formula is C15H23N3O. The quantitative estimate of drug-likeness (QED) is 0.823. The molecule has 0 bridgehead atoms. The van der Waals surface area contributed by atoms with E-state index in [1.807, 2.05) is 0 Å². The van der Waals surface area contributed by atoms with Crippen LogP contribution in [0.4, 0.5) is 0 Å². The summed E-state index contributed by atoms with van der Waals surface area (Å²) in [6.45, 7) is 2.80. The number of ether oxygens (including phenoxy) is 1. The number of aryl methyl sites for hydroxylation is 1. The smallest absolute Gasteiger partial charge is 0.128 e. The third-order valence-corrected chi connectivity index (χ3v) is 4.25. The van der Waals surface area contributed by atoms with Crippen molar-refractivity contribution in [3.05, 3.63) is 22.8 Å². The maximum absolute atomic E-state index is 5.12. The largest absolute Gasteiger partial charge is 0.385 e. The van der Waals surface area contributed by atoms with E-state index in [4.69, 9.17) is 14.7 Å². The second-order valence-electron chi connectivity index (χ2n) is 5.60. The molecule has 0 atom stereocenters. The topological polar surface area (TPSA) is 47.0 Å². The number of hydrogen-bond acceptors (Lipinski definition) is 4. The summed E-state index contributed by atoms with van der Waals surface area (Å²) >= 11 is 0. The highest BCUT2D eigenvalue weighted by Crippen LogP contribution is 2.38. The van der Waals surface area contributed by atoms with Crippen molar-refractivity contribution >= 4 is 0 Å². The second-order valence-corrected chi connectivity index (χ2v) is 5.60. The Labute approximate surface area is 115 Å². The first kappa shape index (κ1) is 13.0. The monoisotopic (exact) mass is 261 g/mol. The van der Waals surface area contributed by atoms with Gasteiger partial charge in [0.1, 0.15) is 5.82 Å². The van der Waals surface area contributed by atoms with Crippen LogP contribution in [0.3, 0.4) is 0 Å². The SMILES string of the molecule is COCCCc1nc2c(c(C3CCC3)n1)CNCC2. The summed E-state index contributed by atoms with van der Waals surface area (Å²) in [4.78, 5) is 9.65. The molecule has 3 rings (SSSR count). The van der Waals surface area contributed by atoms with Crippen LogP contribution >= 0.6 is 0 Å². The van der Waals surface area contributed by atoms with Crippen molar-refractivity contribution in [3.63, 3.8) is 0 Å². The zero-order chi connectivity index (χ0) is 13.1. The van der Waals surface area contributed by atoms with Crippen molar-refractivity contribution in [2.24, 2.45) is 0 Å². The van der Waals surface area contributed by atoms with Gasteiger partial charge in [0.2, 0.25) is 0 Å². The number of fused-ring (bicyclic) bond motifs is 1. The van der Waals surface area contributed by atoms with Crippen LogP contribution in [0.2, 0.25) is 0 Å². The van der Waals surface area contributed by atoms with Crippen molar-refractivity contribution in [3.8, 4) is 0 Å². The lowest BCUT2D eigenvalue weighted by atomic mass is 9.80. The molecule has 0 unspecified atom stereocenters. The van der Waals surface area contributed by atoms with Gasteiger partial charge in [-0.2, -0.15) is 0 Å². The van der Waals surface area contributed by atoms with Gasteiger partial charge < -0.3 is 10.1 Å². The number of aromatic nitrogens is 2. The number of nitrogens with one attached hydrogen (secondary N) is 1. The van der Waals surface area contributed by atoms with Crippen LogP contribution in [0.1, 0.15) is 54.4 Å². The van der Waals surface area contributed by atoms with Crippen molar-refractivity contribution < 1.29 is 4.74 Å². The summed E-state index contributed by atoms with van der Waals surface area (Å²) in [5, 5.41) is 3.46. The van der Waals surface area contributed by atoms with Crippen LogP contribution in [-0.2, 0) is 24.1 Å². The maximum atomic E-state index is 5.12. The summed E-state index contributed by atoms with van der Waals surface area (Å²) in [6.07, 6.45) is 6.97. The van der Waals surface area contributed by atoms with Gasteiger partial charge in [-0.3, -0.25) is 0 Å². The van der Waals surface area contributed by atoms with Crippen molar-refractivity contribution in [1.82, 2.24) is 15.3 Å². The van der Waals surface area contributed by atoms with E-state index in [9.17, 15) is 0 Å². The standard InChI is InChI=1S/C15H23N3O/c1-19-9-3-6-14-17-13-7-8-16-10-12(13)15(18-14)11-4-2-5-11/h11,16H,2-10H2,1H3. The zero-order valence-corrected chi connectivity index (χ0v) is 11.7. The van der Waals surface area contributed by atoms with Crippen LogP contribution in [0, 0.1) is 0 Å². The Morgan fingerprint density at radius 2 is 2.21 bits per heavy atom. The molecule has 1 fully saturated rings. The van der Waals surface area contributed by atoms with Gasteiger partial charge in [-0.25, -0.2) is 9.97 Å². The van der Waals surface area contributed by atoms with E-state index < -0.39 is 0 Å². The number of rotatable bonds is 5. The minimum atomic E-state index is 0.692. The number of hydrogen-bond donors (Lipinski definition) is 1. The fraction of sp³-hybridized carbons (Fsp3) is 0.733. The maximum Gasteiger partial charge on any atom is 0.128 e. The molecule has 1 saturated carbocycles. The zero-order valence-electron chi connectivity index (χ0n) is 11.7. The minimum Gasteiger partial charge on any atom is -0.385 e. The van der Waals surface area contributed by atoms with Gasteiger partial charge in [0.05, 0.1) is 11.4 Å². The van der Waals surface area contributed by atoms with Crippen LogP contribution in [0.15, 0.2) is 0 Å². The first-order valence-electron chi connectivity index (χ1n) is 7.46. The molecule has 0 spiro atoms. The summed E-state index contributed by atoms with van der Waals surface area (Å²) in [7, 11) is 1.75. The molecule has 1 aromatic rings. The Kier molecular flexibility index (Phi) is 4.09. The van der Waals surface area contributed by atoms with E-state index in [0.29, 0.717) is 5.92 Å². The molecule has 0 aromatic carbocycles. The highest BCUT2D eigenvalue weighted by atomic mass is 16.5. The second kappa shape index (κ2) is 5.97. The molecule has 1 aromatic heterocycles. The molecule has 4 nitrogen and oxygen atoms in total. The van der Waals surface area contributed by atoms with Crippen molar-refractivity contribution in [2.45, 2.75) is 51.0 Å². The molecule has 4 heteroatoms. The molecule has 2 heterocycles. The summed E-state index contributed by atoms with van der Waals surface area (Å²) in [6, 6.07) is 0. The van der Waals surface area contributed by atoms with Crippen molar-refractivity contribution in [2.75, 3.05) is 20.3 Å². The molecule has 0 saturated heterocycles. The van der Waals surface area contributed by atoms with Gasteiger partial charge >= 0.3 is 0 Å². The lowest BCUT2D eigenvalue weighted by molar-refractivity contribution is 0.194. The summed E-state index contributed by atoms with van der Waals surface area (Å²) < 4.78 is 5.12. The Hall–Kier alpha value is -1.00. The lowest BCUT2D eigenvalue weighted by Crippen LogP contribution is -2.29. The van der Waals surface area contributed by atoms with Crippen LogP contribution < -0.4 is 5.32 Å². The minimum absolute atomic E-state index is 0.692. The third-order valence-electron chi connectivity index (χ3n) is 4.25. The molecule has 19 heavy (non-hydrogen) atoms. The van der Waals surface area contributed by atoms with Gasteiger partial charge in [0.15, 0.2) is 0 Å². The third kappa shape index (κ3) is 2.79. The number of nitrogens with zero attached hydrogens (tertiary/aromatic N) is 2. The molecular weight excluding hydrogens is 238 g/mol. The predicted molar refractivity (Wildman–Crippen MR) is 74.2 cm³/mol. The molecule has 1 aliphatic carbocycles. The van der Waals surface area contributed by atoms with Crippen LogP contribution in [0.5, 0.6) is 0 Å². The fourth-order valence-corrected chi connectivity index (χ4v) is 2.93. The number of methoxy groups -OCH3 is 1.